The third-order valence-electron chi connectivity index (χ3n) is 3.38. The molecule has 0 unspecified atom stereocenters. The second-order valence-corrected chi connectivity index (χ2v) is 5.90. The van der Waals surface area contributed by atoms with Crippen LogP contribution < -0.4 is 4.74 Å². The van der Waals surface area contributed by atoms with Crippen molar-refractivity contribution in [2.75, 3.05) is 33.9 Å². The molecule has 1 fully saturated rings. The first-order valence-electron chi connectivity index (χ1n) is 6.41. The topological polar surface area (TPSA) is 41.9 Å². The summed E-state index contributed by atoms with van der Waals surface area (Å²) in [6.07, 6.45) is 1.14. The third kappa shape index (κ3) is 3.84. The second-order valence-electron chi connectivity index (χ2n) is 5.04. The summed E-state index contributed by atoms with van der Waals surface area (Å²) >= 11 is 3.48. The van der Waals surface area contributed by atoms with Crippen LogP contribution in [0, 0.1) is 5.92 Å². The summed E-state index contributed by atoms with van der Waals surface area (Å²) in [7, 11) is 3.66. The van der Waals surface area contributed by atoms with Gasteiger partial charge in [0, 0.05) is 24.2 Å². The number of phenolic OH excluding ortho intramolecular Hbond substituents is 1. The maximum absolute atomic E-state index is 9.69. The van der Waals surface area contributed by atoms with Gasteiger partial charge < -0.3 is 19.5 Å². The molecule has 1 aromatic carbocycles. The van der Waals surface area contributed by atoms with Crippen LogP contribution in [0.2, 0.25) is 0 Å². The molecular weight excluding hydrogens is 310 g/mol. The van der Waals surface area contributed by atoms with E-state index in [9.17, 15) is 5.11 Å². The van der Waals surface area contributed by atoms with Crippen molar-refractivity contribution < 1.29 is 14.6 Å². The first-order valence-corrected chi connectivity index (χ1v) is 7.21. The molecule has 1 aliphatic heterocycles. The number of hydrogen-bond donors (Lipinski definition) is 1. The molecule has 5 heteroatoms. The first-order chi connectivity index (χ1) is 9.10. The van der Waals surface area contributed by atoms with Gasteiger partial charge in [-0.25, -0.2) is 0 Å². The Hall–Kier alpha value is -0.780. The highest BCUT2D eigenvalue weighted by Crippen LogP contribution is 2.33. The summed E-state index contributed by atoms with van der Waals surface area (Å²) in [6.45, 7) is 3.59. The zero-order chi connectivity index (χ0) is 13.8. The molecule has 1 saturated heterocycles. The van der Waals surface area contributed by atoms with Crippen LogP contribution in [-0.2, 0) is 11.3 Å². The fourth-order valence-corrected chi connectivity index (χ4v) is 2.85. The van der Waals surface area contributed by atoms with Crippen LogP contribution in [0.5, 0.6) is 11.5 Å². The van der Waals surface area contributed by atoms with Crippen LogP contribution in [0.4, 0.5) is 0 Å². The quantitative estimate of drug-likeness (QED) is 0.901. The number of ether oxygens (including phenoxy) is 2. The van der Waals surface area contributed by atoms with Crippen molar-refractivity contribution in [1.82, 2.24) is 4.90 Å². The Morgan fingerprint density at radius 2 is 2.32 bits per heavy atom. The Balaban J connectivity index is 2.01. The van der Waals surface area contributed by atoms with Gasteiger partial charge in [0.1, 0.15) is 0 Å². The van der Waals surface area contributed by atoms with E-state index in [-0.39, 0.29) is 5.75 Å². The molecule has 106 valence electrons. The van der Waals surface area contributed by atoms with Crippen molar-refractivity contribution in [1.29, 1.82) is 0 Å². The number of phenols is 1. The number of aromatic hydroxyl groups is 1. The van der Waals surface area contributed by atoms with Crippen LogP contribution in [-0.4, -0.2) is 43.9 Å². The minimum Gasteiger partial charge on any atom is -0.504 e. The lowest BCUT2D eigenvalue weighted by atomic mass is 10.1. The molecule has 0 aromatic heterocycles. The van der Waals surface area contributed by atoms with Gasteiger partial charge in [0.15, 0.2) is 11.5 Å². The van der Waals surface area contributed by atoms with Gasteiger partial charge in [-0.15, -0.1) is 0 Å². The van der Waals surface area contributed by atoms with E-state index in [0.29, 0.717) is 11.7 Å². The van der Waals surface area contributed by atoms with Crippen molar-refractivity contribution in [3.63, 3.8) is 0 Å². The number of hydrogen-bond acceptors (Lipinski definition) is 4. The number of halogens is 1. The Labute approximate surface area is 122 Å². The molecule has 19 heavy (non-hydrogen) atoms. The fourth-order valence-electron chi connectivity index (χ4n) is 2.39. The average molecular weight is 330 g/mol. The van der Waals surface area contributed by atoms with Gasteiger partial charge in [-0.05, 0) is 37.1 Å². The molecule has 0 spiro atoms. The summed E-state index contributed by atoms with van der Waals surface area (Å²) in [5, 5.41) is 9.69. The van der Waals surface area contributed by atoms with E-state index in [1.165, 1.54) is 0 Å². The number of benzene rings is 1. The number of rotatable bonds is 5. The molecule has 0 aliphatic carbocycles. The molecule has 1 aromatic rings. The summed E-state index contributed by atoms with van der Waals surface area (Å²) in [5.74, 6) is 1.29. The van der Waals surface area contributed by atoms with E-state index in [1.807, 2.05) is 6.07 Å². The molecule has 0 radical (unpaired) electrons. The lowest BCUT2D eigenvalue weighted by molar-refractivity contribution is 0.172. The maximum atomic E-state index is 9.69. The van der Waals surface area contributed by atoms with Crippen molar-refractivity contribution in [3.8, 4) is 11.5 Å². The first kappa shape index (κ1) is 14.6. The fraction of sp³-hybridized carbons (Fsp3) is 0.571. The molecule has 0 saturated carbocycles. The summed E-state index contributed by atoms with van der Waals surface area (Å²) < 4.78 is 11.4. The minimum atomic E-state index is 0.157. The molecule has 1 aliphatic rings. The highest BCUT2D eigenvalue weighted by molar-refractivity contribution is 9.10. The van der Waals surface area contributed by atoms with Crippen molar-refractivity contribution >= 4 is 15.9 Å². The van der Waals surface area contributed by atoms with E-state index in [2.05, 4.69) is 27.9 Å². The maximum Gasteiger partial charge on any atom is 0.160 e. The predicted octanol–water partition coefficient (Wildman–Crippen LogP) is 2.63. The molecular formula is C14H20BrNO3. The summed E-state index contributed by atoms with van der Waals surface area (Å²) in [5.41, 5.74) is 1.11. The SMILES string of the molecule is COc1cc(CN(C)C[C@H]2CCOC2)c(Br)cc1O. The van der Waals surface area contributed by atoms with Crippen molar-refractivity contribution in [2.24, 2.45) is 5.92 Å². The van der Waals surface area contributed by atoms with Gasteiger partial charge in [0.25, 0.3) is 0 Å². The second kappa shape index (κ2) is 6.59. The van der Waals surface area contributed by atoms with Crippen LogP contribution >= 0.6 is 15.9 Å². The predicted molar refractivity (Wildman–Crippen MR) is 77.6 cm³/mol. The zero-order valence-corrected chi connectivity index (χ0v) is 12.9. The van der Waals surface area contributed by atoms with E-state index in [4.69, 9.17) is 9.47 Å². The van der Waals surface area contributed by atoms with Crippen molar-refractivity contribution in [2.45, 2.75) is 13.0 Å². The molecule has 1 atom stereocenters. The minimum absolute atomic E-state index is 0.157. The van der Waals surface area contributed by atoms with Gasteiger partial charge in [-0.3, -0.25) is 0 Å². The lowest BCUT2D eigenvalue weighted by Crippen LogP contribution is -2.25. The van der Waals surface area contributed by atoms with Gasteiger partial charge in [-0.2, -0.15) is 0 Å². The largest absolute Gasteiger partial charge is 0.504 e. The van der Waals surface area contributed by atoms with Crippen LogP contribution in [0.15, 0.2) is 16.6 Å². The normalized spacial score (nSPS) is 19.1. The molecule has 2 rings (SSSR count). The Bertz CT molecular complexity index is 433. The molecule has 0 amide bonds. The summed E-state index contributed by atoms with van der Waals surface area (Å²) in [6, 6.07) is 3.56. The van der Waals surface area contributed by atoms with Crippen molar-refractivity contribution in [3.05, 3.63) is 22.2 Å². The lowest BCUT2D eigenvalue weighted by Gasteiger charge is -2.21. The van der Waals surface area contributed by atoms with Crippen LogP contribution in [0.3, 0.4) is 0 Å². The Morgan fingerprint density at radius 1 is 1.53 bits per heavy atom. The van der Waals surface area contributed by atoms with Gasteiger partial charge in [-0.1, -0.05) is 15.9 Å². The number of methoxy groups -OCH3 is 1. The molecule has 1 N–H and O–H groups in total. The van der Waals surface area contributed by atoms with Crippen LogP contribution in [0.25, 0.3) is 0 Å². The zero-order valence-electron chi connectivity index (χ0n) is 11.4. The third-order valence-corrected chi connectivity index (χ3v) is 4.12. The Morgan fingerprint density at radius 3 is 2.95 bits per heavy atom. The Kier molecular flexibility index (Phi) is 5.07. The summed E-state index contributed by atoms with van der Waals surface area (Å²) in [4.78, 5) is 2.27. The monoisotopic (exact) mass is 329 g/mol. The highest BCUT2D eigenvalue weighted by atomic mass is 79.9. The average Bonchev–Trinajstić information content (AvgIpc) is 2.85. The van der Waals surface area contributed by atoms with Gasteiger partial charge in [0.2, 0.25) is 0 Å². The molecule has 1 heterocycles. The standard InChI is InChI=1S/C14H20BrNO3/c1-16(7-10-3-4-19-9-10)8-11-5-14(18-2)13(17)6-12(11)15/h5-6,10,17H,3-4,7-9H2,1-2H3/t10-/m1/s1. The molecule has 0 bridgehead atoms. The van der Waals surface area contributed by atoms with E-state index in [1.54, 1.807) is 13.2 Å². The van der Waals surface area contributed by atoms with Gasteiger partial charge in [0.05, 0.1) is 13.7 Å². The number of nitrogens with zero attached hydrogens (tertiary/aromatic N) is 1. The highest BCUT2D eigenvalue weighted by Gasteiger charge is 2.18. The van der Waals surface area contributed by atoms with Gasteiger partial charge >= 0.3 is 0 Å². The van der Waals surface area contributed by atoms with E-state index < -0.39 is 0 Å². The van der Waals surface area contributed by atoms with E-state index in [0.717, 1.165) is 42.8 Å². The molecule has 4 nitrogen and oxygen atoms in total. The van der Waals surface area contributed by atoms with E-state index >= 15 is 0 Å². The smallest absolute Gasteiger partial charge is 0.160 e. The van der Waals surface area contributed by atoms with Crippen LogP contribution in [0.1, 0.15) is 12.0 Å².